The fourth-order valence-corrected chi connectivity index (χ4v) is 2.57. The molecule has 1 heterocycles. The van der Waals surface area contributed by atoms with Gasteiger partial charge in [-0.1, -0.05) is 18.2 Å². The van der Waals surface area contributed by atoms with Crippen molar-refractivity contribution in [3.8, 4) is 11.5 Å². The van der Waals surface area contributed by atoms with Crippen molar-refractivity contribution in [1.82, 2.24) is 4.98 Å². The van der Waals surface area contributed by atoms with E-state index in [0.717, 1.165) is 17.0 Å². The monoisotopic (exact) mass is 279 g/mol. The molecule has 0 spiro atoms. The third kappa shape index (κ3) is 3.83. The minimum atomic E-state index is -0.675. The van der Waals surface area contributed by atoms with Crippen molar-refractivity contribution in [2.24, 2.45) is 0 Å². The first-order valence-corrected chi connectivity index (χ1v) is 7.24. The first-order valence-electron chi connectivity index (χ1n) is 6.09. The van der Waals surface area contributed by atoms with Crippen LogP contribution in [0.2, 0.25) is 0 Å². The average molecular weight is 279 g/mol. The first kappa shape index (κ1) is 14.1. The Kier molecular flexibility index (Phi) is 5.01. The van der Waals surface area contributed by atoms with Crippen LogP contribution in [0.3, 0.4) is 0 Å². The van der Waals surface area contributed by atoms with Crippen LogP contribution in [0.4, 0.5) is 0 Å². The molecule has 0 fully saturated rings. The van der Waals surface area contributed by atoms with Gasteiger partial charge in [-0.05, 0) is 19.1 Å². The highest BCUT2D eigenvalue weighted by atomic mass is 32.2. The van der Waals surface area contributed by atoms with Gasteiger partial charge in [0.1, 0.15) is 5.76 Å². The van der Waals surface area contributed by atoms with Crippen LogP contribution in [0.5, 0.6) is 0 Å². The molecular formula is C14H17NO3S. The minimum Gasteiger partial charge on any atom is -0.441 e. The van der Waals surface area contributed by atoms with E-state index in [1.54, 1.807) is 0 Å². The summed E-state index contributed by atoms with van der Waals surface area (Å²) in [6.45, 7) is 1.68. The number of aryl methyl sites for hydroxylation is 1. The smallest absolute Gasteiger partial charge is 0.226 e. The van der Waals surface area contributed by atoms with Gasteiger partial charge >= 0.3 is 0 Å². The molecule has 2 aromatic rings. The summed E-state index contributed by atoms with van der Waals surface area (Å²) in [5.74, 6) is 2.57. The van der Waals surface area contributed by atoms with Gasteiger partial charge in [0.05, 0.1) is 18.4 Å². The number of benzene rings is 1. The van der Waals surface area contributed by atoms with Gasteiger partial charge in [-0.3, -0.25) is 0 Å². The molecule has 2 N–H and O–H groups in total. The number of aliphatic hydroxyl groups excluding tert-OH is 2. The Morgan fingerprint density at radius 3 is 2.74 bits per heavy atom. The van der Waals surface area contributed by atoms with Crippen molar-refractivity contribution in [3.05, 3.63) is 41.8 Å². The number of hydrogen-bond acceptors (Lipinski definition) is 5. The molecule has 102 valence electrons. The average Bonchev–Trinajstić information content (AvgIpc) is 2.81. The van der Waals surface area contributed by atoms with E-state index in [0.29, 0.717) is 17.4 Å². The number of thioether (sulfide) groups is 1. The Hall–Kier alpha value is -1.30. The van der Waals surface area contributed by atoms with E-state index in [1.807, 2.05) is 37.3 Å². The maximum atomic E-state index is 9.27. The lowest BCUT2D eigenvalue weighted by atomic mass is 10.2. The van der Waals surface area contributed by atoms with Gasteiger partial charge in [0.2, 0.25) is 5.89 Å². The summed E-state index contributed by atoms with van der Waals surface area (Å²) in [6.07, 6.45) is -0.675. The Bertz CT molecular complexity index is 513. The Morgan fingerprint density at radius 2 is 2.05 bits per heavy atom. The minimum absolute atomic E-state index is 0.208. The molecular weight excluding hydrogens is 262 g/mol. The quantitative estimate of drug-likeness (QED) is 0.849. The Balaban J connectivity index is 2.01. The summed E-state index contributed by atoms with van der Waals surface area (Å²) in [4.78, 5) is 4.47. The number of oxazole rings is 1. The molecule has 19 heavy (non-hydrogen) atoms. The predicted molar refractivity (Wildman–Crippen MR) is 75.9 cm³/mol. The zero-order valence-electron chi connectivity index (χ0n) is 10.7. The second-order valence-electron chi connectivity index (χ2n) is 4.24. The van der Waals surface area contributed by atoms with E-state index in [1.165, 1.54) is 11.8 Å². The van der Waals surface area contributed by atoms with Gasteiger partial charge < -0.3 is 14.6 Å². The Labute approximate surface area is 116 Å². The summed E-state index contributed by atoms with van der Waals surface area (Å²) in [5.41, 5.74) is 1.84. The largest absolute Gasteiger partial charge is 0.441 e. The molecule has 0 unspecified atom stereocenters. The molecule has 0 aliphatic rings. The third-order valence-electron chi connectivity index (χ3n) is 2.67. The number of aromatic nitrogens is 1. The van der Waals surface area contributed by atoms with E-state index in [-0.39, 0.29) is 6.61 Å². The van der Waals surface area contributed by atoms with E-state index < -0.39 is 6.10 Å². The second kappa shape index (κ2) is 6.75. The standard InChI is InChI=1S/C14H17NO3S/c1-10-13(9-19-8-12(17)7-16)15-14(18-10)11-5-3-2-4-6-11/h2-6,12,16-17H,7-9H2,1H3/t12-/m1/s1. The van der Waals surface area contributed by atoms with E-state index in [9.17, 15) is 5.11 Å². The molecule has 1 atom stereocenters. The third-order valence-corrected chi connectivity index (χ3v) is 3.77. The van der Waals surface area contributed by atoms with Crippen LogP contribution in [0.25, 0.3) is 11.5 Å². The molecule has 0 radical (unpaired) electrons. The summed E-state index contributed by atoms with van der Waals surface area (Å²) in [7, 11) is 0. The van der Waals surface area contributed by atoms with Crippen LogP contribution in [-0.2, 0) is 5.75 Å². The van der Waals surface area contributed by atoms with Crippen molar-refractivity contribution in [2.45, 2.75) is 18.8 Å². The topological polar surface area (TPSA) is 66.5 Å². The molecule has 0 saturated heterocycles. The van der Waals surface area contributed by atoms with E-state index in [2.05, 4.69) is 4.98 Å². The van der Waals surface area contributed by atoms with Crippen LogP contribution in [-0.4, -0.2) is 33.7 Å². The van der Waals surface area contributed by atoms with E-state index >= 15 is 0 Å². The van der Waals surface area contributed by atoms with Crippen molar-refractivity contribution < 1.29 is 14.6 Å². The number of rotatable bonds is 6. The van der Waals surface area contributed by atoms with Gasteiger partial charge in [-0.15, -0.1) is 0 Å². The summed E-state index contributed by atoms with van der Waals surface area (Å²) >= 11 is 1.53. The fraction of sp³-hybridized carbons (Fsp3) is 0.357. The molecule has 0 bridgehead atoms. The molecule has 0 amide bonds. The fourth-order valence-electron chi connectivity index (χ4n) is 1.61. The molecule has 4 nitrogen and oxygen atoms in total. The van der Waals surface area contributed by atoms with Gasteiger partial charge in [-0.2, -0.15) is 11.8 Å². The lowest BCUT2D eigenvalue weighted by molar-refractivity contribution is 0.113. The summed E-state index contributed by atoms with van der Waals surface area (Å²) in [6, 6.07) is 9.75. The highest BCUT2D eigenvalue weighted by Crippen LogP contribution is 2.24. The highest BCUT2D eigenvalue weighted by Gasteiger charge is 2.11. The lowest BCUT2D eigenvalue weighted by Crippen LogP contribution is -2.14. The van der Waals surface area contributed by atoms with Crippen LogP contribution < -0.4 is 0 Å². The maximum Gasteiger partial charge on any atom is 0.226 e. The van der Waals surface area contributed by atoms with Crippen molar-refractivity contribution in [3.63, 3.8) is 0 Å². The lowest BCUT2D eigenvalue weighted by Gasteiger charge is -2.04. The number of aliphatic hydroxyl groups is 2. The Morgan fingerprint density at radius 1 is 1.32 bits per heavy atom. The van der Waals surface area contributed by atoms with Gasteiger partial charge in [0, 0.05) is 17.1 Å². The molecule has 0 saturated carbocycles. The van der Waals surface area contributed by atoms with Gasteiger partial charge in [0.15, 0.2) is 0 Å². The van der Waals surface area contributed by atoms with Crippen LogP contribution in [0.15, 0.2) is 34.7 Å². The molecule has 5 heteroatoms. The second-order valence-corrected chi connectivity index (χ2v) is 5.27. The van der Waals surface area contributed by atoms with Crippen molar-refractivity contribution >= 4 is 11.8 Å². The number of nitrogens with zero attached hydrogens (tertiary/aromatic N) is 1. The molecule has 0 aliphatic carbocycles. The normalized spacial score (nSPS) is 12.6. The van der Waals surface area contributed by atoms with Crippen molar-refractivity contribution in [2.75, 3.05) is 12.4 Å². The van der Waals surface area contributed by atoms with Crippen LogP contribution in [0.1, 0.15) is 11.5 Å². The molecule has 2 rings (SSSR count). The van der Waals surface area contributed by atoms with Gasteiger partial charge in [-0.25, -0.2) is 4.98 Å². The molecule has 0 aliphatic heterocycles. The zero-order valence-corrected chi connectivity index (χ0v) is 11.6. The maximum absolute atomic E-state index is 9.27. The predicted octanol–water partition coefficient (Wildman–Crippen LogP) is 2.24. The summed E-state index contributed by atoms with van der Waals surface area (Å²) in [5, 5.41) is 18.0. The van der Waals surface area contributed by atoms with Crippen molar-refractivity contribution in [1.29, 1.82) is 0 Å². The van der Waals surface area contributed by atoms with Crippen LogP contribution >= 0.6 is 11.8 Å². The van der Waals surface area contributed by atoms with Gasteiger partial charge in [0.25, 0.3) is 0 Å². The van der Waals surface area contributed by atoms with E-state index in [4.69, 9.17) is 9.52 Å². The first-order chi connectivity index (χ1) is 9.20. The zero-order chi connectivity index (χ0) is 13.7. The number of hydrogen-bond donors (Lipinski definition) is 2. The molecule has 1 aromatic carbocycles. The molecule has 1 aromatic heterocycles. The van der Waals surface area contributed by atoms with Crippen LogP contribution in [0, 0.1) is 6.92 Å². The SMILES string of the molecule is Cc1oc(-c2ccccc2)nc1CSC[C@H](O)CO. The highest BCUT2D eigenvalue weighted by molar-refractivity contribution is 7.98. The summed E-state index contributed by atoms with van der Waals surface area (Å²) < 4.78 is 5.65.